The molecule has 0 saturated carbocycles. The Morgan fingerprint density at radius 2 is 0.675 bits per heavy atom. The lowest BCUT2D eigenvalue weighted by molar-refractivity contribution is 0.0980. The summed E-state index contributed by atoms with van der Waals surface area (Å²) in [6, 6.07) is 28.6. The van der Waals surface area contributed by atoms with Crippen LogP contribution in [0.2, 0.25) is 0 Å². The second kappa shape index (κ2) is 9.57. The zero-order chi connectivity index (χ0) is 28.3. The van der Waals surface area contributed by atoms with E-state index in [4.69, 9.17) is 0 Å². The molecule has 196 valence electrons. The van der Waals surface area contributed by atoms with Crippen molar-refractivity contribution < 1.29 is 9.59 Å². The Hall–Kier alpha value is -4.56. The van der Waals surface area contributed by atoms with E-state index >= 15 is 0 Å². The fourth-order valence-corrected chi connectivity index (χ4v) is 6.43. The van der Waals surface area contributed by atoms with Crippen LogP contribution in [-0.4, -0.2) is 11.6 Å². The summed E-state index contributed by atoms with van der Waals surface area (Å²) in [7, 11) is 0. The first-order chi connectivity index (χ1) is 19.1. The molecule has 0 bridgehead atoms. The number of carbonyl (C=O) groups excluding carboxylic acids is 2. The predicted molar refractivity (Wildman–Crippen MR) is 164 cm³/mol. The van der Waals surface area contributed by atoms with Crippen LogP contribution in [0.1, 0.15) is 65.2 Å². The molecule has 0 aromatic heterocycles. The fraction of sp³-hybridized carbons (Fsp3) is 0.158. The molecular formula is C38H32O2. The van der Waals surface area contributed by atoms with Crippen LogP contribution in [-0.2, 0) is 0 Å². The normalized spacial score (nSPS) is 12.3. The summed E-state index contributed by atoms with van der Waals surface area (Å²) in [5.74, 6) is -0.198. The summed E-state index contributed by atoms with van der Waals surface area (Å²) in [6.07, 6.45) is 0. The maximum Gasteiger partial charge on any atom is 0.195 e. The van der Waals surface area contributed by atoms with Crippen LogP contribution in [0, 0.1) is 41.5 Å². The first-order valence-electron chi connectivity index (χ1n) is 13.8. The number of hydrogen-bond acceptors (Lipinski definition) is 2. The van der Waals surface area contributed by atoms with E-state index in [0.29, 0.717) is 22.3 Å². The van der Waals surface area contributed by atoms with Gasteiger partial charge in [-0.25, -0.2) is 0 Å². The number of benzene rings is 5. The Balaban J connectivity index is 1.69. The quantitative estimate of drug-likeness (QED) is 0.233. The van der Waals surface area contributed by atoms with Gasteiger partial charge in [0.1, 0.15) is 0 Å². The molecule has 5 aromatic rings. The van der Waals surface area contributed by atoms with Crippen LogP contribution in [0.3, 0.4) is 0 Å². The number of rotatable bonds is 3. The maximum atomic E-state index is 14.7. The van der Waals surface area contributed by atoms with Gasteiger partial charge in [0.15, 0.2) is 11.6 Å². The van der Waals surface area contributed by atoms with E-state index in [1.54, 1.807) is 6.07 Å². The van der Waals surface area contributed by atoms with E-state index in [-0.39, 0.29) is 11.6 Å². The highest BCUT2D eigenvalue weighted by Gasteiger charge is 2.36. The van der Waals surface area contributed by atoms with Crippen LogP contribution >= 0.6 is 0 Å². The van der Waals surface area contributed by atoms with Gasteiger partial charge in [0.05, 0.1) is 0 Å². The number of aryl methyl sites for hydroxylation is 6. The zero-order valence-electron chi connectivity index (χ0n) is 23.9. The summed E-state index contributed by atoms with van der Waals surface area (Å²) in [5.41, 5.74) is 13.9. The van der Waals surface area contributed by atoms with Crippen molar-refractivity contribution in [2.24, 2.45) is 0 Å². The van der Waals surface area contributed by atoms with Gasteiger partial charge in [-0.05, 0) is 74.9 Å². The van der Waals surface area contributed by atoms with E-state index in [9.17, 15) is 9.59 Å². The molecule has 0 heterocycles. The third-order valence-corrected chi connectivity index (χ3v) is 7.79. The van der Waals surface area contributed by atoms with E-state index in [0.717, 1.165) is 66.8 Å². The van der Waals surface area contributed by atoms with Crippen molar-refractivity contribution in [2.45, 2.75) is 41.5 Å². The van der Waals surface area contributed by atoms with E-state index in [1.807, 2.05) is 24.3 Å². The van der Waals surface area contributed by atoms with Crippen molar-refractivity contribution in [3.8, 4) is 33.4 Å². The molecule has 0 fully saturated rings. The van der Waals surface area contributed by atoms with Gasteiger partial charge in [-0.1, -0.05) is 118 Å². The lowest BCUT2D eigenvalue weighted by Gasteiger charge is -2.25. The lowest BCUT2D eigenvalue weighted by Crippen LogP contribution is -2.24. The van der Waals surface area contributed by atoms with Crippen molar-refractivity contribution in [3.63, 3.8) is 0 Å². The molecular weight excluding hydrogens is 488 g/mol. The number of carbonyl (C=O) groups is 2. The molecule has 6 rings (SSSR count). The standard InChI is InChI=1S/C38H32O2/c1-21-12-22(2)16-27(15-21)30-8-7-9-33-34(30)38(40)36-32(29-19-25(5)14-26(6)20-29)11-10-31(35(36)37(33)39)28-17-23(3)13-24(4)18-28/h7-20H,1-6H3. The Labute approximate surface area is 236 Å². The van der Waals surface area contributed by atoms with Gasteiger partial charge in [0.2, 0.25) is 0 Å². The maximum absolute atomic E-state index is 14.7. The van der Waals surface area contributed by atoms with E-state index in [1.165, 1.54) is 0 Å². The molecule has 1 aliphatic carbocycles. The third-order valence-electron chi connectivity index (χ3n) is 7.79. The first-order valence-corrected chi connectivity index (χ1v) is 13.8. The molecule has 0 radical (unpaired) electrons. The monoisotopic (exact) mass is 520 g/mol. The number of fused-ring (bicyclic) bond motifs is 2. The number of hydrogen-bond donors (Lipinski definition) is 0. The molecule has 0 spiro atoms. The highest BCUT2D eigenvalue weighted by Crippen LogP contribution is 2.43. The summed E-state index contributed by atoms with van der Waals surface area (Å²) in [5, 5.41) is 0. The molecule has 0 unspecified atom stereocenters. The van der Waals surface area contributed by atoms with Crippen LogP contribution in [0.15, 0.2) is 84.9 Å². The summed E-state index contributed by atoms with van der Waals surface area (Å²) < 4.78 is 0. The van der Waals surface area contributed by atoms with Crippen molar-refractivity contribution in [1.29, 1.82) is 0 Å². The predicted octanol–water partition coefficient (Wildman–Crippen LogP) is 9.31. The van der Waals surface area contributed by atoms with Crippen molar-refractivity contribution >= 4 is 11.6 Å². The van der Waals surface area contributed by atoms with Crippen LogP contribution in [0.25, 0.3) is 33.4 Å². The molecule has 0 amide bonds. The molecule has 2 heteroatoms. The largest absolute Gasteiger partial charge is 0.289 e. The molecule has 2 nitrogen and oxygen atoms in total. The Morgan fingerprint density at radius 3 is 1.07 bits per heavy atom. The van der Waals surface area contributed by atoms with Crippen molar-refractivity contribution in [2.75, 3.05) is 0 Å². The Kier molecular flexibility index (Phi) is 6.15. The molecule has 40 heavy (non-hydrogen) atoms. The highest BCUT2D eigenvalue weighted by atomic mass is 16.1. The van der Waals surface area contributed by atoms with Crippen LogP contribution in [0.4, 0.5) is 0 Å². The summed E-state index contributed by atoms with van der Waals surface area (Å²) in [6.45, 7) is 12.4. The molecule has 1 aliphatic rings. The molecule has 0 aliphatic heterocycles. The second-order valence-electron chi connectivity index (χ2n) is 11.4. The zero-order valence-corrected chi connectivity index (χ0v) is 23.9. The molecule has 0 N–H and O–H groups in total. The lowest BCUT2D eigenvalue weighted by atomic mass is 9.75. The highest BCUT2D eigenvalue weighted by molar-refractivity contribution is 6.33. The van der Waals surface area contributed by atoms with Crippen LogP contribution in [0.5, 0.6) is 0 Å². The topological polar surface area (TPSA) is 34.1 Å². The van der Waals surface area contributed by atoms with Gasteiger partial charge in [0.25, 0.3) is 0 Å². The minimum Gasteiger partial charge on any atom is -0.289 e. The summed E-state index contributed by atoms with van der Waals surface area (Å²) in [4.78, 5) is 29.2. The first kappa shape index (κ1) is 25.7. The van der Waals surface area contributed by atoms with Gasteiger partial charge < -0.3 is 0 Å². The van der Waals surface area contributed by atoms with Gasteiger partial charge in [0, 0.05) is 22.3 Å². The Morgan fingerprint density at radius 1 is 0.350 bits per heavy atom. The Bertz CT molecular complexity index is 1830. The van der Waals surface area contributed by atoms with Gasteiger partial charge in [-0.2, -0.15) is 0 Å². The minimum absolute atomic E-state index is 0.0975. The molecule has 0 saturated heterocycles. The third kappa shape index (κ3) is 4.30. The van der Waals surface area contributed by atoms with Gasteiger partial charge in [-0.3, -0.25) is 9.59 Å². The number of ketones is 2. The average molecular weight is 521 g/mol. The van der Waals surface area contributed by atoms with E-state index in [2.05, 4.69) is 96.1 Å². The van der Waals surface area contributed by atoms with Crippen molar-refractivity contribution in [1.82, 2.24) is 0 Å². The summed E-state index contributed by atoms with van der Waals surface area (Å²) >= 11 is 0. The van der Waals surface area contributed by atoms with E-state index < -0.39 is 0 Å². The molecule has 5 aromatic carbocycles. The fourth-order valence-electron chi connectivity index (χ4n) is 6.43. The smallest absolute Gasteiger partial charge is 0.195 e. The SMILES string of the molecule is Cc1cc(C)cc(-c2cccc3c2C(=O)c2c(-c4cc(C)cc(C)c4)ccc(-c4cc(C)cc(C)c4)c2C3=O)c1. The van der Waals surface area contributed by atoms with Crippen molar-refractivity contribution in [3.05, 3.63) is 141 Å². The second-order valence-corrected chi connectivity index (χ2v) is 11.4. The molecule has 0 atom stereocenters. The van der Waals surface area contributed by atoms with Crippen LogP contribution < -0.4 is 0 Å². The van der Waals surface area contributed by atoms with Gasteiger partial charge in [-0.15, -0.1) is 0 Å². The van der Waals surface area contributed by atoms with Gasteiger partial charge >= 0.3 is 0 Å². The minimum atomic E-state index is -0.101. The average Bonchev–Trinajstić information content (AvgIpc) is 2.89.